The molecule has 0 radical (unpaired) electrons. The van der Waals surface area contributed by atoms with E-state index in [0.717, 1.165) is 10.9 Å². The number of aromatic amines is 1. The zero-order valence-electron chi connectivity index (χ0n) is 9.51. The molecule has 3 nitrogen and oxygen atoms in total. The molecule has 2 N–H and O–H groups in total. The van der Waals surface area contributed by atoms with Gasteiger partial charge in [0, 0.05) is 24.3 Å². The van der Waals surface area contributed by atoms with Crippen molar-refractivity contribution in [1.29, 1.82) is 0 Å². The van der Waals surface area contributed by atoms with E-state index in [1.54, 1.807) is 18.5 Å². The van der Waals surface area contributed by atoms with Crippen molar-refractivity contribution in [2.45, 2.75) is 31.1 Å². The molecule has 0 amide bonds. The fourth-order valence-electron chi connectivity index (χ4n) is 2.11. The van der Waals surface area contributed by atoms with Gasteiger partial charge in [-0.2, -0.15) is 13.2 Å². The number of nitrogens with one attached hydrogen (secondary N) is 2. The van der Waals surface area contributed by atoms with Gasteiger partial charge in [-0.25, -0.2) is 4.98 Å². The lowest BCUT2D eigenvalue weighted by Crippen LogP contribution is -2.44. The highest BCUT2D eigenvalue weighted by atomic mass is 19.4. The molecule has 0 aromatic carbocycles. The van der Waals surface area contributed by atoms with Crippen molar-refractivity contribution in [2.24, 2.45) is 0 Å². The van der Waals surface area contributed by atoms with Gasteiger partial charge in [-0.05, 0) is 30.5 Å². The van der Waals surface area contributed by atoms with Crippen LogP contribution in [0.5, 0.6) is 0 Å². The lowest BCUT2D eigenvalue weighted by Gasteiger charge is -2.20. The molecule has 3 rings (SSSR count). The molecule has 18 heavy (non-hydrogen) atoms. The van der Waals surface area contributed by atoms with E-state index < -0.39 is 11.7 Å². The molecule has 0 aliphatic heterocycles. The largest absolute Gasteiger partial charge is 0.406 e. The molecule has 0 spiro atoms. The molecular weight excluding hydrogens is 243 g/mol. The number of halogens is 3. The van der Waals surface area contributed by atoms with Gasteiger partial charge in [-0.15, -0.1) is 0 Å². The van der Waals surface area contributed by atoms with Gasteiger partial charge in [0.15, 0.2) is 0 Å². The number of fused-ring (bicyclic) bond motifs is 1. The van der Waals surface area contributed by atoms with Crippen LogP contribution < -0.4 is 5.32 Å². The van der Waals surface area contributed by atoms with E-state index in [1.165, 1.54) is 0 Å². The minimum atomic E-state index is -4.17. The van der Waals surface area contributed by atoms with Crippen molar-refractivity contribution >= 4 is 11.0 Å². The van der Waals surface area contributed by atoms with Gasteiger partial charge in [0.25, 0.3) is 0 Å². The molecule has 1 fully saturated rings. The predicted octanol–water partition coefficient (Wildman–Crippen LogP) is 2.75. The van der Waals surface area contributed by atoms with Gasteiger partial charge in [0.1, 0.15) is 11.2 Å². The van der Waals surface area contributed by atoms with Crippen LogP contribution >= 0.6 is 0 Å². The average molecular weight is 255 g/mol. The molecule has 96 valence electrons. The normalized spacial score (nSPS) is 18.2. The second-order valence-electron chi connectivity index (χ2n) is 4.65. The molecule has 2 heterocycles. The first kappa shape index (κ1) is 11.5. The summed E-state index contributed by atoms with van der Waals surface area (Å²) in [6.45, 7) is 0.200. The summed E-state index contributed by atoms with van der Waals surface area (Å²) in [6.07, 6.45) is -0.489. The first-order valence-corrected chi connectivity index (χ1v) is 5.75. The third kappa shape index (κ3) is 1.77. The Kier molecular flexibility index (Phi) is 2.38. The Morgan fingerprint density at radius 2 is 2.17 bits per heavy atom. The fraction of sp³-hybridized carbons (Fsp3) is 0.417. The van der Waals surface area contributed by atoms with E-state index in [-0.39, 0.29) is 19.4 Å². The van der Waals surface area contributed by atoms with E-state index in [2.05, 4.69) is 15.3 Å². The predicted molar refractivity (Wildman–Crippen MR) is 61.0 cm³/mol. The molecule has 0 unspecified atom stereocenters. The SMILES string of the molecule is FC(F)(F)C1(NCc2c[nH]c3ncccc23)CC1. The van der Waals surface area contributed by atoms with Crippen LogP contribution in [0.2, 0.25) is 0 Å². The summed E-state index contributed by atoms with van der Waals surface area (Å²) in [5, 5.41) is 3.50. The lowest BCUT2D eigenvalue weighted by atomic mass is 10.2. The summed E-state index contributed by atoms with van der Waals surface area (Å²) < 4.78 is 38.3. The van der Waals surface area contributed by atoms with Gasteiger partial charge in [0.05, 0.1) is 0 Å². The highest BCUT2D eigenvalue weighted by Crippen LogP contribution is 2.49. The lowest BCUT2D eigenvalue weighted by molar-refractivity contribution is -0.166. The van der Waals surface area contributed by atoms with Crippen LogP contribution in [0.4, 0.5) is 13.2 Å². The number of H-pyrrole nitrogens is 1. The maximum Gasteiger partial charge on any atom is 0.406 e. The summed E-state index contributed by atoms with van der Waals surface area (Å²) in [6, 6.07) is 3.62. The number of alkyl halides is 3. The Morgan fingerprint density at radius 1 is 1.39 bits per heavy atom. The quantitative estimate of drug-likeness (QED) is 0.885. The Balaban J connectivity index is 1.78. The number of nitrogens with zero attached hydrogens (tertiary/aromatic N) is 1. The van der Waals surface area contributed by atoms with Gasteiger partial charge < -0.3 is 4.98 Å². The van der Waals surface area contributed by atoms with Gasteiger partial charge >= 0.3 is 6.18 Å². The van der Waals surface area contributed by atoms with Crippen LogP contribution in [-0.4, -0.2) is 21.7 Å². The van der Waals surface area contributed by atoms with E-state index in [0.29, 0.717) is 5.65 Å². The van der Waals surface area contributed by atoms with Gasteiger partial charge in [-0.3, -0.25) is 5.32 Å². The highest BCUT2D eigenvalue weighted by molar-refractivity contribution is 5.79. The molecule has 1 saturated carbocycles. The summed E-state index contributed by atoms with van der Waals surface area (Å²) in [7, 11) is 0. The van der Waals surface area contributed by atoms with Crippen LogP contribution in [-0.2, 0) is 6.54 Å². The van der Waals surface area contributed by atoms with Crippen LogP contribution in [0.3, 0.4) is 0 Å². The third-order valence-corrected chi connectivity index (χ3v) is 3.45. The Bertz CT molecular complexity index is 569. The summed E-state index contributed by atoms with van der Waals surface area (Å²) in [5.74, 6) is 0. The zero-order valence-corrected chi connectivity index (χ0v) is 9.51. The van der Waals surface area contributed by atoms with E-state index in [4.69, 9.17) is 0 Å². The molecule has 1 aliphatic carbocycles. The number of rotatable bonds is 3. The van der Waals surface area contributed by atoms with Crippen molar-refractivity contribution in [1.82, 2.24) is 15.3 Å². The minimum absolute atomic E-state index is 0.164. The number of hydrogen-bond acceptors (Lipinski definition) is 2. The molecule has 0 saturated heterocycles. The van der Waals surface area contributed by atoms with Crippen LogP contribution in [0.25, 0.3) is 11.0 Å². The second-order valence-corrected chi connectivity index (χ2v) is 4.65. The van der Waals surface area contributed by atoms with Crippen LogP contribution in [0.1, 0.15) is 18.4 Å². The van der Waals surface area contributed by atoms with E-state index >= 15 is 0 Å². The van der Waals surface area contributed by atoms with Crippen molar-refractivity contribution in [3.05, 3.63) is 30.1 Å². The first-order chi connectivity index (χ1) is 8.52. The number of aromatic nitrogens is 2. The van der Waals surface area contributed by atoms with Crippen molar-refractivity contribution in [2.75, 3.05) is 0 Å². The maximum atomic E-state index is 12.8. The van der Waals surface area contributed by atoms with Gasteiger partial charge in [0.2, 0.25) is 0 Å². The Hall–Kier alpha value is -1.56. The Labute approximate surface area is 101 Å². The molecule has 2 aromatic rings. The van der Waals surface area contributed by atoms with Crippen LogP contribution in [0.15, 0.2) is 24.5 Å². The molecule has 2 aromatic heterocycles. The van der Waals surface area contributed by atoms with Crippen molar-refractivity contribution in [3.8, 4) is 0 Å². The molecule has 6 heteroatoms. The standard InChI is InChI=1S/C12H12F3N3/c13-12(14,15)11(3-4-11)18-7-8-6-17-10-9(8)2-1-5-16-10/h1-2,5-6,18H,3-4,7H2,(H,16,17). The van der Waals surface area contributed by atoms with E-state index in [1.807, 2.05) is 6.07 Å². The maximum absolute atomic E-state index is 12.8. The summed E-state index contributed by atoms with van der Waals surface area (Å²) in [4.78, 5) is 7.06. The van der Waals surface area contributed by atoms with Crippen molar-refractivity contribution < 1.29 is 13.2 Å². The van der Waals surface area contributed by atoms with E-state index in [9.17, 15) is 13.2 Å². The summed E-state index contributed by atoms with van der Waals surface area (Å²) in [5.41, 5.74) is -0.154. The molecule has 0 atom stereocenters. The zero-order chi connectivity index (χ0) is 12.8. The number of pyridine rings is 1. The van der Waals surface area contributed by atoms with Crippen molar-refractivity contribution in [3.63, 3.8) is 0 Å². The highest BCUT2D eigenvalue weighted by Gasteiger charge is 2.62. The molecular formula is C12H12F3N3. The minimum Gasteiger partial charge on any atom is -0.346 e. The second kappa shape index (κ2) is 3.71. The monoisotopic (exact) mass is 255 g/mol. The average Bonchev–Trinajstić information content (AvgIpc) is 3.02. The first-order valence-electron chi connectivity index (χ1n) is 5.75. The third-order valence-electron chi connectivity index (χ3n) is 3.45. The fourth-order valence-corrected chi connectivity index (χ4v) is 2.11. The Morgan fingerprint density at radius 3 is 2.83 bits per heavy atom. The summed E-state index contributed by atoms with van der Waals surface area (Å²) >= 11 is 0. The number of hydrogen-bond donors (Lipinski definition) is 2. The smallest absolute Gasteiger partial charge is 0.346 e. The van der Waals surface area contributed by atoms with Gasteiger partial charge in [-0.1, -0.05) is 0 Å². The topological polar surface area (TPSA) is 40.7 Å². The van der Waals surface area contributed by atoms with Crippen LogP contribution in [0, 0.1) is 0 Å². The molecule has 0 bridgehead atoms. The molecule has 1 aliphatic rings.